The highest BCUT2D eigenvalue weighted by Gasteiger charge is 2.24. The van der Waals surface area contributed by atoms with Gasteiger partial charge in [0.1, 0.15) is 17.0 Å². The molecule has 6 rings (SSSR count). The number of ether oxygens (including phenoxy) is 1. The minimum absolute atomic E-state index is 0.248. The fraction of sp³-hybridized carbons (Fsp3) is 0.240. The summed E-state index contributed by atoms with van der Waals surface area (Å²) in [4.78, 5) is 15.6. The summed E-state index contributed by atoms with van der Waals surface area (Å²) >= 11 is 0. The average molecular weight is 425 g/mol. The predicted octanol–water partition coefficient (Wildman–Crippen LogP) is 4.70. The second-order valence-corrected chi connectivity index (χ2v) is 8.37. The number of aromatic nitrogens is 5. The van der Waals surface area contributed by atoms with E-state index >= 15 is 0 Å². The van der Waals surface area contributed by atoms with Gasteiger partial charge in [0.15, 0.2) is 0 Å². The lowest BCUT2D eigenvalue weighted by Crippen LogP contribution is -2.44. The maximum atomic E-state index is 5.69. The third-order valence-corrected chi connectivity index (χ3v) is 6.31. The molecule has 5 heterocycles. The molecule has 1 saturated heterocycles. The number of benzene rings is 1. The Morgan fingerprint density at radius 1 is 1.16 bits per heavy atom. The van der Waals surface area contributed by atoms with Crippen molar-refractivity contribution in [2.45, 2.75) is 19.9 Å². The van der Waals surface area contributed by atoms with Crippen LogP contribution in [-0.4, -0.2) is 50.9 Å². The normalized spacial score (nSPS) is 16.8. The standard InChI is InChI=1S/C25H24N6O/c1-15-13-27-24(21-7-9-28-30-21)25-23(15)19(17-4-3-5-20-18(17)6-8-26-20)12-22(29-25)31-10-11-32-14-16(31)2/h3-9,12-13,16,26H,10-11,14H2,1-2H3,(H,28,30)/t16-/m1/s1. The van der Waals surface area contributed by atoms with Crippen molar-refractivity contribution in [2.75, 3.05) is 24.7 Å². The fourth-order valence-corrected chi connectivity index (χ4v) is 4.72. The first-order valence-corrected chi connectivity index (χ1v) is 10.9. The molecule has 1 aliphatic rings. The Labute approximate surface area is 185 Å². The van der Waals surface area contributed by atoms with E-state index in [2.05, 4.69) is 64.3 Å². The van der Waals surface area contributed by atoms with Gasteiger partial charge in [-0.3, -0.25) is 10.1 Å². The summed E-state index contributed by atoms with van der Waals surface area (Å²) in [6.07, 6.45) is 5.67. The highest BCUT2D eigenvalue weighted by molar-refractivity contribution is 6.08. The van der Waals surface area contributed by atoms with E-state index in [1.54, 1.807) is 6.20 Å². The summed E-state index contributed by atoms with van der Waals surface area (Å²) in [5.41, 5.74) is 7.12. The van der Waals surface area contributed by atoms with Crippen LogP contribution in [0.25, 0.3) is 44.3 Å². The number of fused-ring (bicyclic) bond motifs is 2. The number of H-pyrrole nitrogens is 2. The minimum atomic E-state index is 0.248. The highest BCUT2D eigenvalue weighted by atomic mass is 16.5. The van der Waals surface area contributed by atoms with E-state index in [-0.39, 0.29) is 6.04 Å². The van der Waals surface area contributed by atoms with Gasteiger partial charge in [0.25, 0.3) is 0 Å². The quantitative estimate of drug-likeness (QED) is 0.439. The molecule has 0 aliphatic carbocycles. The van der Waals surface area contributed by atoms with E-state index in [1.165, 1.54) is 10.9 Å². The summed E-state index contributed by atoms with van der Waals surface area (Å²) in [7, 11) is 0. The van der Waals surface area contributed by atoms with Crippen LogP contribution in [-0.2, 0) is 4.74 Å². The summed E-state index contributed by atoms with van der Waals surface area (Å²) in [5, 5.41) is 9.52. The molecule has 0 amide bonds. The van der Waals surface area contributed by atoms with Crippen molar-refractivity contribution in [3.63, 3.8) is 0 Å². The molecule has 1 aromatic carbocycles. The van der Waals surface area contributed by atoms with Crippen molar-refractivity contribution < 1.29 is 4.74 Å². The molecule has 0 saturated carbocycles. The largest absolute Gasteiger partial charge is 0.377 e. The van der Waals surface area contributed by atoms with Crippen LogP contribution in [0.5, 0.6) is 0 Å². The Balaban J connectivity index is 1.70. The Morgan fingerprint density at radius 3 is 2.94 bits per heavy atom. The number of aryl methyl sites for hydroxylation is 1. The number of nitrogens with one attached hydrogen (secondary N) is 2. The molecule has 160 valence electrons. The van der Waals surface area contributed by atoms with Gasteiger partial charge >= 0.3 is 0 Å². The summed E-state index contributed by atoms with van der Waals surface area (Å²) in [6.45, 7) is 6.49. The Morgan fingerprint density at radius 2 is 2.09 bits per heavy atom. The number of anilines is 1. The molecule has 1 aliphatic heterocycles. The summed E-state index contributed by atoms with van der Waals surface area (Å²) < 4.78 is 5.69. The smallest absolute Gasteiger partial charge is 0.130 e. The van der Waals surface area contributed by atoms with Crippen molar-refractivity contribution >= 4 is 27.6 Å². The van der Waals surface area contributed by atoms with Gasteiger partial charge in [0.05, 0.1) is 24.9 Å². The number of rotatable bonds is 3. The van der Waals surface area contributed by atoms with Crippen molar-refractivity contribution in [3.8, 4) is 22.5 Å². The van der Waals surface area contributed by atoms with Gasteiger partial charge in [-0.15, -0.1) is 0 Å². The average Bonchev–Trinajstić information content (AvgIpc) is 3.51. The molecular formula is C25H24N6O. The third-order valence-electron chi connectivity index (χ3n) is 6.31. The number of nitrogens with zero attached hydrogens (tertiary/aromatic N) is 4. The first-order valence-electron chi connectivity index (χ1n) is 10.9. The molecule has 1 atom stereocenters. The molecule has 7 heteroatoms. The zero-order chi connectivity index (χ0) is 21.7. The van der Waals surface area contributed by atoms with Crippen LogP contribution in [0.3, 0.4) is 0 Å². The maximum Gasteiger partial charge on any atom is 0.130 e. The van der Waals surface area contributed by atoms with E-state index in [0.717, 1.165) is 51.3 Å². The van der Waals surface area contributed by atoms with Crippen LogP contribution in [0.2, 0.25) is 0 Å². The lowest BCUT2D eigenvalue weighted by atomic mass is 9.95. The molecule has 5 aromatic rings. The van der Waals surface area contributed by atoms with Gasteiger partial charge in [-0.25, -0.2) is 4.98 Å². The van der Waals surface area contributed by atoms with E-state index in [0.29, 0.717) is 13.2 Å². The first-order chi connectivity index (χ1) is 15.7. The second-order valence-electron chi connectivity index (χ2n) is 8.37. The zero-order valence-corrected chi connectivity index (χ0v) is 18.1. The third kappa shape index (κ3) is 2.97. The van der Waals surface area contributed by atoms with Crippen molar-refractivity contribution in [3.05, 3.63) is 60.6 Å². The number of pyridine rings is 2. The van der Waals surface area contributed by atoms with Gasteiger partial charge in [0.2, 0.25) is 0 Å². The molecule has 4 aromatic heterocycles. The molecule has 2 N–H and O–H groups in total. The molecule has 0 unspecified atom stereocenters. The van der Waals surface area contributed by atoms with Crippen LogP contribution in [0, 0.1) is 6.92 Å². The molecule has 32 heavy (non-hydrogen) atoms. The van der Waals surface area contributed by atoms with Crippen LogP contribution in [0.4, 0.5) is 5.82 Å². The fourth-order valence-electron chi connectivity index (χ4n) is 4.72. The molecule has 0 bridgehead atoms. The topological polar surface area (TPSA) is 82.7 Å². The van der Waals surface area contributed by atoms with Gasteiger partial charge in [-0.2, -0.15) is 5.10 Å². The van der Waals surface area contributed by atoms with Crippen molar-refractivity contribution in [1.82, 2.24) is 25.1 Å². The van der Waals surface area contributed by atoms with Gasteiger partial charge in [-0.1, -0.05) is 12.1 Å². The minimum Gasteiger partial charge on any atom is -0.377 e. The lowest BCUT2D eigenvalue weighted by Gasteiger charge is -2.34. The maximum absolute atomic E-state index is 5.69. The Kier molecular flexibility index (Phi) is 4.43. The highest BCUT2D eigenvalue weighted by Crippen LogP contribution is 2.39. The van der Waals surface area contributed by atoms with Crippen LogP contribution < -0.4 is 4.90 Å². The number of hydrogen-bond acceptors (Lipinski definition) is 5. The first kappa shape index (κ1) is 19.0. The SMILES string of the molecule is Cc1cnc(-c2ccn[nH]2)c2nc(N3CCOC[C@H]3C)cc(-c3cccc4[nH]ccc34)c12. The van der Waals surface area contributed by atoms with Gasteiger partial charge < -0.3 is 14.6 Å². The van der Waals surface area contributed by atoms with E-state index in [9.17, 15) is 0 Å². The van der Waals surface area contributed by atoms with Gasteiger partial charge in [0, 0.05) is 41.4 Å². The van der Waals surface area contributed by atoms with Crippen LogP contribution in [0.1, 0.15) is 12.5 Å². The Hall–Kier alpha value is -3.71. The lowest BCUT2D eigenvalue weighted by molar-refractivity contribution is 0.0986. The predicted molar refractivity (Wildman–Crippen MR) is 127 cm³/mol. The van der Waals surface area contributed by atoms with E-state index in [4.69, 9.17) is 14.7 Å². The number of morpholine rings is 1. The van der Waals surface area contributed by atoms with Crippen molar-refractivity contribution in [2.24, 2.45) is 0 Å². The number of aromatic amines is 2. The molecular weight excluding hydrogens is 400 g/mol. The van der Waals surface area contributed by atoms with Crippen LogP contribution in [0.15, 0.2) is 55.0 Å². The summed E-state index contributed by atoms with van der Waals surface area (Å²) in [5.74, 6) is 0.948. The molecule has 0 spiro atoms. The number of hydrogen-bond donors (Lipinski definition) is 2. The van der Waals surface area contributed by atoms with Gasteiger partial charge in [-0.05, 0) is 54.8 Å². The summed E-state index contributed by atoms with van der Waals surface area (Å²) in [6, 6.07) is 13.0. The van der Waals surface area contributed by atoms with Crippen LogP contribution >= 0.6 is 0 Å². The van der Waals surface area contributed by atoms with Crippen molar-refractivity contribution in [1.29, 1.82) is 0 Å². The zero-order valence-electron chi connectivity index (χ0n) is 18.1. The monoisotopic (exact) mass is 424 g/mol. The Bertz CT molecular complexity index is 1420. The van der Waals surface area contributed by atoms with E-state index < -0.39 is 0 Å². The van der Waals surface area contributed by atoms with E-state index in [1.807, 2.05) is 18.5 Å². The molecule has 1 fully saturated rings. The molecule has 0 radical (unpaired) electrons. The second kappa shape index (κ2) is 7.46. The molecule has 7 nitrogen and oxygen atoms in total.